The molecule has 0 aliphatic carbocycles. The molecule has 134 valence electrons. The Morgan fingerprint density at radius 2 is 1.92 bits per heavy atom. The summed E-state index contributed by atoms with van der Waals surface area (Å²) in [6, 6.07) is 6.14. The Labute approximate surface area is 143 Å². The number of alkyl carbamates (subject to hydrolysis) is 1. The highest BCUT2D eigenvalue weighted by molar-refractivity contribution is 5.80. The zero-order valence-electron chi connectivity index (χ0n) is 15.0. The second kappa shape index (κ2) is 8.57. The molecule has 0 bridgehead atoms. The van der Waals surface area contributed by atoms with Gasteiger partial charge in [-0.05, 0) is 44.4 Å². The van der Waals surface area contributed by atoms with Crippen molar-refractivity contribution in [1.29, 1.82) is 0 Å². The molecule has 0 saturated carbocycles. The minimum atomic E-state index is -1.12. The van der Waals surface area contributed by atoms with Gasteiger partial charge in [-0.3, -0.25) is 0 Å². The van der Waals surface area contributed by atoms with Crippen LogP contribution in [0, 0.1) is 5.92 Å². The quantitative estimate of drug-likeness (QED) is 0.798. The first kappa shape index (κ1) is 19.8. The van der Waals surface area contributed by atoms with Crippen LogP contribution in [0.3, 0.4) is 0 Å². The predicted molar refractivity (Wildman–Crippen MR) is 91.3 cm³/mol. The van der Waals surface area contributed by atoms with E-state index in [0.29, 0.717) is 18.3 Å². The normalized spacial score (nSPS) is 12.6. The molecule has 0 saturated heterocycles. The second-order valence-corrected chi connectivity index (χ2v) is 7.09. The van der Waals surface area contributed by atoms with Crippen LogP contribution < -0.4 is 10.1 Å². The largest absolute Gasteiger partial charge is 0.493 e. The van der Waals surface area contributed by atoms with Crippen LogP contribution in [0.4, 0.5) is 4.79 Å². The number of carboxylic acid groups (broad SMARTS) is 1. The number of rotatable bonds is 7. The molecule has 0 fully saturated rings. The van der Waals surface area contributed by atoms with E-state index in [1.807, 2.05) is 6.07 Å². The number of benzene rings is 1. The first-order chi connectivity index (χ1) is 11.1. The first-order valence-corrected chi connectivity index (χ1v) is 8.01. The van der Waals surface area contributed by atoms with Gasteiger partial charge in [0.25, 0.3) is 0 Å². The fraction of sp³-hybridized carbons (Fsp3) is 0.556. The van der Waals surface area contributed by atoms with Gasteiger partial charge in [0, 0.05) is 6.42 Å². The Kier molecular flexibility index (Phi) is 7.07. The van der Waals surface area contributed by atoms with Crippen molar-refractivity contribution in [2.75, 3.05) is 6.61 Å². The highest BCUT2D eigenvalue weighted by atomic mass is 16.6. The van der Waals surface area contributed by atoms with Crippen molar-refractivity contribution in [2.45, 2.75) is 52.7 Å². The molecule has 0 heterocycles. The molecule has 0 radical (unpaired) electrons. The summed E-state index contributed by atoms with van der Waals surface area (Å²) in [5, 5.41) is 11.7. The fourth-order valence-electron chi connectivity index (χ4n) is 1.91. The maximum Gasteiger partial charge on any atom is 0.408 e. The van der Waals surface area contributed by atoms with Gasteiger partial charge in [0.15, 0.2) is 0 Å². The smallest absolute Gasteiger partial charge is 0.408 e. The maximum absolute atomic E-state index is 11.8. The van der Waals surface area contributed by atoms with E-state index >= 15 is 0 Å². The molecule has 0 aliphatic heterocycles. The summed E-state index contributed by atoms with van der Waals surface area (Å²) >= 11 is 0. The van der Waals surface area contributed by atoms with E-state index in [-0.39, 0.29) is 6.42 Å². The van der Waals surface area contributed by atoms with Crippen LogP contribution in [0.15, 0.2) is 24.3 Å². The average Bonchev–Trinajstić information content (AvgIpc) is 2.42. The third-order valence-electron chi connectivity index (χ3n) is 2.91. The summed E-state index contributed by atoms with van der Waals surface area (Å²) in [5.74, 6) is -0.0359. The van der Waals surface area contributed by atoms with Crippen molar-refractivity contribution in [3.8, 4) is 5.75 Å². The molecular formula is C18H27NO5. The molecular weight excluding hydrogens is 310 g/mol. The third-order valence-corrected chi connectivity index (χ3v) is 2.91. The molecule has 2 N–H and O–H groups in total. The molecule has 1 aromatic carbocycles. The summed E-state index contributed by atoms with van der Waals surface area (Å²) in [6.45, 7) is 9.85. The molecule has 0 spiro atoms. The van der Waals surface area contributed by atoms with Gasteiger partial charge in [-0.1, -0.05) is 26.0 Å². The van der Waals surface area contributed by atoms with Gasteiger partial charge < -0.3 is 19.9 Å². The van der Waals surface area contributed by atoms with E-state index in [9.17, 15) is 14.7 Å². The van der Waals surface area contributed by atoms with Gasteiger partial charge in [-0.25, -0.2) is 9.59 Å². The molecule has 1 atom stereocenters. The highest BCUT2D eigenvalue weighted by Gasteiger charge is 2.24. The van der Waals surface area contributed by atoms with Crippen LogP contribution >= 0.6 is 0 Å². The molecule has 0 aromatic heterocycles. The number of hydrogen-bond acceptors (Lipinski definition) is 4. The van der Waals surface area contributed by atoms with Gasteiger partial charge in [0.1, 0.15) is 17.4 Å². The summed E-state index contributed by atoms with van der Waals surface area (Å²) < 4.78 is 10.7. The van der Waals surface area contributed by atoms with E-state index in [0.717, 1.165) is 5.56 Å². The van der Waals surface area contributed by atoms with E-state index in [1.165, 1.54) is 0 Å². The zero-order valence-corrected chi connectivity index (χ0v) is 15.0. The van der Waals surface area contributed by atoms with Gasteiger partial charge >= 0.3 is 12.1 Å². The van der Waals surface area contributed by atoms with Crippen molar-refractivity contribution in [1.82, 2.24) is 5.32 Å². The maximum atomic E-state index is 11.8. The Morgan fingerprint density at radius 3 is 2.46 bits per heavy atom. The Morgan fingerprint density at radius 1 is 1.25 bits per heavy atom. The number of carbonyl (C=O) groups is 2. The predicted octanol–water partition coefficient (Wildman–Crippen LogP) is 3.24. The van der Waals surface area contributed by atoms with Crippen LogP contribution in [0.1, 0.15) is 40.2 Å². The number of aliphatic carboxylic acids is 1. The molecule has 6 nitrogen and oxygen atoms in total. The molecule has 24 heavy (non-hydrogen) atoms. The monoisotopic (exact) mass is 337 g/mol. The topological polar surface area (TPSA) is 84.9 Å². The second-order valence-electron chi connectivity index (χ2n) is 7.09. The standard InChI is InChI=1S/C18H27NO5/c1-12(2)11-23-14-8-6-7-13(9-14)10-15(16(20)21)19-17(22)24-18(3,4)5/h6-9,12,15H,10-11H2,1-5H3,(H,19,22)(H,20,21). The number of hydrogen-bond donors (Lipinski definition) is 2. The molecule has 1 amide bonds. The minimum Gasteiger partial charge on any atom is -0.493 e. The van der Waals surface area contributed by atoms with Crippen molar-refractivity contribution in [3.05, 3.63) is 29.8 Å². The van der Waals surface area contributed by atoms with Crippen molar-refractivity contribution >= 4 is 12.1 Å². The van der Waals surface area contributed by atoms with Gasteiger partial charge in [0.05, 0.1) is 6.61 Å². The van der Waals surface area contributed by atoms with Gasteiger partial charge in [-0.2, -0.15) is 0 Å². The van der Waals surface area contributed by atoms with Crippen LogP contribution in [-0.4, -0.2) is 35.4 Å². The van der Waals surface area contributed by atoms with Crippen LogP contribution in [-0.2, 0) is 16.0 Å². The summed E-state index contributed by atoms with van der Waals surface area (Å²) in [7, 11) is 0. The lowest BCUT2D eigenvalue weighted by Gasteiger charge is -2.22. The number of carbonyl (C=O) groups excluding carboxylic acids is 1. The number of amides is 1. The van der Waals surface area contributed by atoms with Crippen LogP contribution in [0.25, 0.3) is 0 Å². The first-order valence-electron chi connectivity index (χ1n) is 8.01. The van der Waals surface area contributed by atoms with E-state index < -0.39 is 23.7 Å². The number of carboxylic acids is 1. The van der Waals surface area contributed by atoms with Crippen molar-refractivity contribution in [2.24, 2.45) is 5.92 Å². The zero-order chi connectivity index (χ0) is 18.3. The number of nitrogens with one attached hydrogen (secondary N) is 1. The Balaban J connectivity index is 2.73. The SMILES string of the molecule is CC(C)COc1cccc(CC(NC(=O)OC(C)(C)C)C(=O)O)c1. The lowest BCUT2D eigenvalue weighted by molar-refractivity contribution is -0.139. The molecule has 1 unspecified atom stereocenters. The lowest BCUT2D eigenvalue weighted by atomic mass is 10.1. The minimum absolute atomic E-state index is 0.146. The van der Waals surface area contributed by atoms with Gasteiger partial charge in [0.2, 0.25) is 0 Å². The van der Waals surface area contributed by atoms with E-state index in [2.05, 4.69) is 19.2 Å². The Hall–Kier alpha value is -2.24. The molecule has 6 heteroatoms. The van der Waals surface area contributed by atoms with Gasteiger partial charge in [-0.15, -0.1) is 0 Å². The number of ether oxygens (including phenoxy) is 2. The van der Waals surface area contributed by atoms with Crippen LogP contribution in [0.2, 0.25) is 0 Å². The van der Waals surface area contributed by atoms with Crippen LogP contribution in [0.5, 0.6) is 5.75 Å². The lowest BCUT2D eigenvalue weighted by Crippen LogP contribution is -2.44. The van der Waals surface area contributed by atoms with Crippen molar-refractivity contribution < 1.29 is 24.2 Å². The van der Waals surface area contributed by atoms with E-state index in [1.54, 1.807) is 39.0 Å². The molecule has 1 aromatic rings. The molecule has 1 rings (SSSR count). The average molecular weight is 337 g/mol. The Bertz CT molecular complexity index is 563. The fourth-order valence-corrected chi connectivity index (χ4v) is 1.91. The third kappa shape index (κ3) is 7.85. The summed E-state index contributed by atoms with van der Waals surface area (Å²) in [6.07, 6.45) is -0.602. The summed E-state index contributed by atoms with van der Waals surface area (Å²) in [4.78, 5) is 23.2. The van der Waals surface area contributed by atoms with E-state index in [4.69, 9.17) is 9.47 Å². The summed E-state index contributed by atoms with van der Waals surface area (Å²) in [5.41, 5.74) is 0.0808. The van der Waals surface area contributed by atoms with Crippen molar-refractivity contribution in [3.63, 3.8) is 0 Å². The molecule has 0 aliphatic rings. The highest BCUT2D eigenvalue weighted by Crippen LogP contribution is 2.16.